The quantitative estimate of drug-likeness (QED) is 0.534. The lowest BCUT2D eigenvalue weighted by atomic mass is 9.99. The molecule has 1 N–H and O–H groups in total. The Morgan fingerprint density at radius 2 is 1.78 bits per heavy atom. The van der Waals surface area contributed by atoms with Crippen LogP contribution in [0.2, 0.25) is 0 Å². The van der Waals surface area contributed by atoms with Crippen LogP contribution in [0, 0.1) is 0 Å². The SMILES string of the molecule is O=C(O)Cl.O=C1CCC1. The van der Waals surface area contributed by atoms with Gasteiger partial charge in [-0.05, 0) is 6.42 Å². The van der Waals surface area contributed by atoms with E-state index in [1.165, 1.54) is 0 Å². The van der Waals surface area contributed by atoms with Crippen molar-refractivity contribution in [1.29, 1.82) is 0 Å². The average molecular weight is 151 g/mol. The van der Waals surface area contributed by atoms with Crippen molar-refractivity contribution in [3.63, 3.8) is 0 Å². The molecule has 0 amide bonds. The van der Waals surface area contributed by atoms with Crippen molar-refractivity contribution in [2.45, 2.75) is 19.3 Å². The first kappa shape index (κ1) is 8.43. The zero-order valence-electron chi connectivity index (χ0n) is 4.76. The maximum Gasteiger partial charge on any atom is 0.401 e. The van der Waals surface area contributed by atoms with Gasteiger partial charge in [0.05, 0.1) is 0 Å². The molecule has 0 aromatic carbocycles. The van der Waals surface area contributed by atoms with Crippen LogP contribution in [0.25, 0.3) is 0 Å². The predicted octanol–water partition coefficient (Wildman–Crippen LogP) is 1.64. The highest BCUT2D eigenvalue weighted by Crippen LogP contribution is 2.10. The van der Waals surface area contributed by atoms with Gasteiger partial charge in [-0.1, -0.05) is 0 Å². The second-order valence-corrected chi connectivity index (χ2v) is 1.97. The zero-order valence-corrected chi connectivity index (χ0v) is 5.52. The minimum atomic E-state index is -1.36. The summed E-state index contributed by atoms with van der Waals surface area (Å²) in [4.78, 5) is 18.7. The summed E-state index contributed by atoms with van der Waals surface area (Å²) >= 11 is 4.19. The Morgan fingerprint density at radius 1 is 1.56 bits per heavy atom. The van der Waals surface area contributed by atoms with Gasteiger partial charge in [0.15, 0.2) is 0 Å². The number of carbonyl (C=O) groups is 2. The standard InChI is InChI=1S/C4H6O.CHClO2/c5-4-2-1-3-4;2-1(3)4/h1-3H2;(H,3,4). The van der Waals surface area contributed by atoms with Gasteiger partial charge in [-0.15, -0.1) is 0 Å². The molecular weight excluding hydrogens is 144 g/mol. The van der Waals surface area contributed by atoms with Crippen molar-refractivity contribution in [2.75, 3.05) is 0 Å². The molecule has 0 heterocycles. The number of hydrogen-bond donors (Lipinski definition) is 1. The van der Waals surface area contributed by atoms with E-state index in [1.807, 2.05) is 0 Å². The summed E-state index contributed by atoms with van der Waals surface area (Å²) in [5.41, 5.74) is -1.36. The summed E-state index contributed by atoms with van der Waals surface area (Å²) in [7, 11) is 0. The van der Waals surface area contributed by atoms with E-state index >= 15 is 0 Å². The van der Waals surface area contributed by atoms with E-state index < -0.39 is 5.43 Å². The van der Waals surface area contributed by atoms with Crippen molar-refractivity contribution in [2.24, 2.45) is 0 Å². The number of rotatable bonds is 0. The van der Waals surface area contributed by atoms with Gasteiger partial charge in [0.25, 0.3) is 0 Å². The highest BCUT2D eigenvalue weighted by molar-refractivity contribution is 6.60. The molecule has 1 aliphatic rings. The van der Waals surface area contributed by atoms with Crippen LogP contribution in [0.1, 0.15) is 19.3 Å². The molecule has 4 heteroatoms. The average Bonchev–Trinajstić information content (AvgIpc) is 1.59. The Bertz CT molecular complexity index is 111. The molecule has 1 aliphatic carbocycles. The monoisotopic (exact) mass is 150 g/mol. The van der Waals surface area contributed by atoms with Crippen LogP contribution in [-0.4, -0.2) is 16.3 Å². The van der Waals surface area contributed by atoms with E-state index in [9.17, 15) is 4.79 Å². The molecule has 1 fully saturated rings. The van der Waals surface area contributed by atoms with Crippen molar-refractivity contribution in [3.8, 4) is 0 Å². The molecule has 9 heavy (non-hydrogen) atoms. The van der Waals surface area contributed by atoms with Crippen molar-refractivity contribution < 1.29 is 14.7 Å². The van der Waals surface area contributed by atoms with E-state index in [2.05, 4.69) is 11.6 Å². The third kappa shape index (κ3) is 7.43. The van der Waals surface area contributed by atoms with E-state index in [0.29, 0.717) is 5.78 Å². The molecule has 3 nitrogen and oxygen atoms in total. The van der Waals surface area contributed by atoms with Gasteiger partial charge >= 0.3 is 5.43 Å². The minimum Gasteiger partial charge on any atom is -0.469 e. The second-order valence-electron chi connectivity index (χ2n) is 1.65. The third-order valence-electron chi connectivity index (χ3n) is 0.911. The van der Waals surface area contributed by atoms with Crippen LogP contribution < -0.4 is 0 Å². The van der Waals surface area contributed by atoms with Gasteiger partial charge in [0.2, 0.25) is 0 Å². The van der Waals surface area contributed by atoms with E-state index in [4.69, 9.17) is 9.90 Å². The number of halogens is 1. The first-order chi connectivity index (χ1) is 4.13. The third-order valence-corrected chi connectivity index (χ3v) is 0.911. The Labute approximate surface area is 57.6 Å². The van der Waals surface area contributed by atoms with Crippen LogP contribution in [0.4, 0.5) is 4.79 Å². The molecule has 0 aromatic heterocycles. The van der Waals surface area contributed by atoms with Gasteiger partial charge in [0, 0.05) is 24.4 Å². The van der Waals surface area contributed by atoms with Crippen molar-refractivity contribution in [1.82, 2.24) is 0 Å². The molecular formula is C5H7ClO3. The molecule has 0 saturated heterocycles. The highest BCUT2D eigenvalue weighted by atomic mass is 35.5. The number of hydrogen-bond acceptors (Lipinski definition) is 2. The van der Waals surface area contributed by atoms with Gasteiger partial charge in [-0.2, -0.15) is 0 Å². The zero-order chi connectivity index (χ0) is 7.28. The molecule has 0 atom stereocenters. The first-order valence-corrected chi connectivity index (χ1v) is 2.91. The molecule has 0 spiro atoms. The van der Waals surface area contributed by atoms with Crippen LogP contribution in [0.3, 0.4) is 0 Å². The number of carboxylic acid groups (broad SMARTS) is 1. The van der Waals surface area contributed by atoms with Gasteiger partial charge in [-0.3, -0.25) is 4.79 Å². The summed E-state index contributed by atoms with van der Waals surface area (Å²) in [6, 6.07) is 0. The Hall–Kier alpha value is -0.570. The second kappa shape index (κ2) is 4.32. The molecule has 0 radical (unpaired) electrons. The van der Waals surface area contributed by atoms with Crippen LogP contribution in [0.15, 0.2) is 0 Å². The largest absolute Gasteiger partial charge is 0.469 e. The van der Waals surface area contributed by atoms with Crippen molar-refractivity contribution >= 4 is 22.8 Å². The van der Waals surface area contributed by atoms with E-state index in [1.54, 1.807) is 0 Å². The first-order valence-electron chi connectivity index (χ1n) is 2.53. The lowest BCUT2D eigenvalue weighted by Gasteiger charge is -2.05. The summed E-state index contributed by atoms with van der Waals surface area (Å²) in [6.45, 7) is 0. The van der Waals surface area contributed by atoms with Crippen LogP contribution >= 0.6 is 11.6 Å². The van der Waals surface area contributed by atoms with Gasteiger partial charge in [0.1, 0.15) is 5.78 Å². The fourth-order valence-corrected chi connectivity index (χ4v) is 0.321. The normalized spacial score (nSPS) is 15.0. The Kier molecular flexibility index (Phi) is 4.05. The van der Waals surface area contributed by atoms with Gasteiger partial charge < -0.3 is 5.11 Å². The van der Waals surface area contributed by atoms with E-state index in [-0.39, 0.29) is 0 Å². The summed E-state index contributed by atoms with van der Waals surface area (Å²) in [6.07, 6.45) is 2.83. The maximum atomic E-state index is 9.90. The summed E-state index contributed by atoms with van der Waals surface area (Å²) in [5.74, 6) is 0.435. The van der Waals surface area contributed by atoms with Gasteiger partial charge in [-0.25, -0.2) is 4.79 Å². The number of carbonyl (C=O) groups excluding carboxylic acids is 1. The van der Waals surface area contributed by atoms with Crippen molar-refractivity contribution in [3.05, 3.63) is 0 Å². The molecule has 0 bridgehead atoms. The number of ketones is 1. The topological polar surface area (TPSA) is 54.4 Å². The molecule has 0 aromatic rings. The Balaban J connectivity index is 0.000000148. The lowest BCUT2D eigenvalue weighted by molar-refractivity contribution is -0.123. The predicted molar refractivity (Wildman–Crippen MR) is 32.7 cm³/mol. The fraction of sp³-hybridized carbons (Fsp3) is 0.600. The molecule has 0 unspecified atom stereocenters. The van der Waals surface area contributed by atoms with Crippen LogP contribution in [0.5, 0.6) is 0 Å². The summed E-state index contributed by atoms with van der Waals surface area (Å²) < 4.78 is 0. The van der Waals surface area contributed by atoms with E-state index in [0.717, 1.165) is 19.3 Å². The molecule has 1 saturated carbocycles. The fourth-order valence-electron chi connectivity index (χ4n) is 0.321. The highest BCUT2D eigenvalue weighted by Gasteiger charge is 2.09. The number of Topliss-reactive ketones (excluding diaryl/α,β-unsaturated/α-hetero) is 1. The summed E-state index contributed by atoms with van der Waals surface area (Å²) in [5, 5.41) is 7.18. The maximum absolute atomic E-state index is 9.90. The lowest BCUT2D eigenvalue weighted by Crippen LogP contribution is -2.07. The smallest absolute Gasteiger partial charge is 0.401 e. The molecule has 1 rings (SSSR count). The minimum absolute atomic E-state index is 0.435. The molecule has 52 valence electrons. The molecule has 0 aliphatic heterocycles. The Morgan fingerprint density at radius 3 is 1.78 bits per heavy atom. The van der Waals surface area contributed by atoms with Crippen LogP contribution in [-0.2, 0) is 4.79 Å².